The largest absolute Gasteiger partial charge is 0.315 e. The van der Waals surface area contributed by atoms with Gasteiger partial charge in [0.15, 0.2) is 0 Å². The molecule has 3 nitrogen and oxygen atoms in total. The molecular weight excluding hydrogens is 222 g/mol. The standard InChI is InChI=1S/C15H33N3/c1-14(13-18-10-6-5-7-11-18)12-16-8-9-17-15(2,3)4/h14,16-17H,5-13H2,1-4H3. The normalized spacial score (nSPS) is 20.0. The molecular formula is C15H33N3. The van der Waals surface area contributed by atoms with Crippen molar-refractivity contribution < 1.29 is 0 Å². The smallest absolute Gasteiger partial charge is 0.00970 e. The van der Waals surface area contributed by atoms with E-state index >= 15 is 0 Å². The summed E-state index contributed by atoms with van der Waals surface area (Å²) >= 11 is 0. The number of nitrogens with one attached hydrogen (secondary N) is 2. The van der Waals surface area contributed by atoms with Crippen molar-refractivity contribution in [1.29, 1.82) is 0 Å². The zero-order chi connectivity index (χ0) is 13.4. The molecule has 0 saturated carbocycles. The Hall–Kier alpha value is -0.120. The second-order valence-corrected chi connectivity index (χ2v) is 6.85. The lowest BCUT2D eigenvalue weighted by Gasteiger charge is -2.29. The van der Waals surface area contributed by atoms with E-state index in [-0.39, 0.29) is 5.54 Å². The summed E-state index contributed by atoms with van der Waals surface area (Å²) in [5, 5.41) is 7.06. The van der Waals surface area contributed by atoms with Crippen molar-refractivity contribution in [2.45, 2.75) is 52.5 Å². The van der Waals surface area contributed by atoms with E-state index in [9.17, 15) is 0 Å². The number of likely N-dealkylation sites (tertiary alicyclic amines) is 1. The van der Waals surface area contributed by atoms with E-state index in [4.69, 9.17) is 0 Å². The highest BCUT2D eigenvalue weighted by Crippen LogP contribution is 2.10. The van der Waals surface area contributed by atoms with Crippen molar-refractivity contribution in [3.63, 3.8) is 0 Å². The summed E-state index contributed by atoms with van der Waals surface area (Å²) in [6.07, 6.45) is 4.23. The summed E-state index contributed by atoms with van der Waals surface area (Å²) in [6, 6.07) is 0. The van der Waals surface area contributed by atoms with Crippen molar-refractivity contribution in [2.24, 2.45) is 5.92 Å². The first-order valence-electron chi connectivity index (χ1n) is 7.65. The van der Waals surface area contributed by atoms with E-state index in [2.05, 4.69) is 43.2 Å². The maximum atomic E-state index is 3.56. The molecule has 1 unspecified atom stereocenters. The van der Waals surface area contributed by atoms with Crippen molar-refractivity contribution in [3.05, 3.63) is 0 Å². The van der Waals surface area contributed by atoms with Gasteiger partial charge in [0.25, 0.3) is 0 Å². The summed E-state index contributed by atoms with van der Waals surface area (Å²) in [7, 11) is 0. The Balaban J connectivity index is 1.97. The molecule has 1 aliphatic heterocycles. The second-order valence-electron chi connectivity index (χ2n) is 6.85. The van der Waals surface area contributed by atoms with Crippen molar-refractivity contribution in [1.82, 2.24) is 15.5 Å². The third-order valence-electron chi connectivity index (χ3n) is 3.47. The quantitative estimate of drug-likeness (QED) is 0.682. The Labute approximate surface area is 114 Å². The van der Waals surface area contributed by atoms with E-state index in [1.807, 2.05) is 0 Å². The Kier molecular flexibility index (Phi) is 7.20. The van der Waals surface area contributed by atoms with Gasteiger partial charge in [-0.2, -0.15) is 0 Å². The third-order valence-corrected chi connectivity index (χ3v) is 3.47. The number of nitrogens with zero attached hydrogens (tertiary/aromatic N) is 1. The van der Waals surface area contributed by atoms with Gasteiger partial charge in [0.05, 0.1) is 0 Å². The van der Waals surface area contributed by atoms with E-state index in [0.29, 0.717) is 0 Å². The molecule has 2 N–H and O–H groups in total. The number of piperidine rings is 1. The first kappa shape index (κ1) is 15.9. The molecule has 1 atom stereocenters. The monoisotopic (exact) mass is 255 g/mol. The molecule has 1 rings (SSSR count). The van der Waals surface area contributed by atoms with Gasteiger partial charge in [-0.15, -0.1) is 0 Å². The van der Waals surface area contributed by atoms with Crippen LogP contribution in [0.2, 0.25) is 0 Å². The molecule has 1 aliphatic rings. The predicted molar refractivity (Wildman–Crippen MR) is 80.1 cm³/mol. The molecule has 0 amide bonds. The lowest BCUT2D eigenvalue weighted by Crippen LogP contribution is -2.41. The van der Waals surface area contributed by atoms with Gasteiger partial charge in [0.1, 0.15) is 0 Å². The maximum absolute atomic E-state index is 3.56. The van der Waals surface area contributed by atoms with Gasteiger partial charge in [-0.25, -0.2) is 0 Å². The van der Waals surface area contributed by atoms with E-state index in [1.54, 1.807) is 0 Å². The maximum Gasteiger partial charge on any atom is 0.00970 e. The SMILES string of the molecule is CC(CNCCNC(C)(C)C)CN1CCCCC1. The van der Waals surface area contributed by atoms with Gasteiger partial charge in [0, 0.05) is 25.2 Å². The molecule has 1 heterocycles. The third kappa shape index (κ3) is 8.06. The van der Waals surface area contributed by atoms with Crippen LogP contribution in [0.25, 0.3) is 0 Å². The average Bonchev–Trinajstić information content (AvgIpc) is 2.28. The fourth-order valence-corrected chi connectivity index (χ4v) is 2.52. The van der Waals surface area contributed by atoms with Crippen LogP contribution in [-0.2, 0) is 0 Å². The van der Waals surface area contributed by atoms with Crippen LogP contribution in [0.3, 0.4) is 0 Å². The van der Waals surface area contributed by atoms with Crippen molar-refractivity contribution >= 4 is 0 Å². The highest BCUT2D eigenvalue weighted by Gasteiger charge is 2.13. The number of rotatable bonds is 7. The van der Waals surface area contributed by atoms with E-state index in [1.165, 1.54) is 38.9 Å². The van der Waals surface area contributed by atoms with Gasteiger partial charge in [-0.05, 0) is 59.2 Å². The zero-order valence-corrected chi connectivity index (χ0v) is 12.9. The molecule has 0 bridgehead atoms. The molecule has 108 valence electrons. The van der Waals surface area contributed by atoms with Crippen LogP contribution in [-0.4, -0.2) is 49.7 Å². The van der Waals surface area contributed by atoms with E-state index in [0.717, 1.165) is 25.6 Å². The summed E-state index contributed by atoms with van der Waals surface area (Å²) < 4.78 is 0. The Morgan fingerprint density at radius 3 is 2.33 bits per heavy atom. The molecule has 0 aromatic rings. The minimum Gasteiger partial charge on any atom is -0.315 e. The molecule has 0 aromatic heterocycles. The van der Waals surface area contributed by atoms with Crippen LogP contribution in [0.15, 0.2) is 0 Å². The summed E-state index contributed by atoms with van der Waals surface area (Å²) in [4.78, 5) is 2.63. The summed E-state index contributed by atoms with van der Waals surface area (Å²) in [5.74, 6) is 0.762. The van der Waals surface area contributed by atoms with Crippen LogP contribution in [0.1, 0.15) is 47.0 Å². The van der Waals surface area contributed by atoms with Crippen LogP contribution < -0.4 is 10.6 Å². The minimum absolute atomic E-state index is 0.237. The number of hydrogen-bond donors (Lipinski definition) is 2. The molecule has 0 radical (unpaired) electrons. The van der Waals surface area contributed by atoms with Crippen LogP contribution >= 0.6 is 0 Å². The first-order valence-corrected chi connectivity index (χ1v) is 7.65. The van der Waals surface area contributed by atoms with Crippen LogP contribution in [0.4, 0.5) is 0 Å². The molecule has 0 aliphatic carbocycles. The molecule has 0 aromatic carbocycles. The Morgan fingerprint density at radius 1 is 1.06 bits per heavy atom. The molecule has 18 heavy (non-hydrogen) atoms. The summed E-state index contributed by atoms with van der Waals surface area (Å²) in [5.41, 5.74) is 0.237. The lowest BCUT2D eigenvalue weighted by molar-refractivity contribution is 0.199. The molecule has 0 spiro atoms. The van der Waals surface area contributed by atoms with Crippen molar-refractivity contribution in [2.75, 3.05) is 39.3 Å². The first-order chi connectivity index (χ1) is 8.47. The Morgan fingerprint density at radius 2 is 1.72 bits per heavy atom. The molecule has 3 heteroatoms. The van der Waals surface area contributed by atoms with Gasteiger partial charge in [-0.1, -0.05) is 13.3 Å². The van der Waals surface area contributed by atoms with Gasteiger partial charge < -0.3 is 15.5 Å². The zero-order valence-electron chi connectivity index (χ0n) is 12.9. The van der Waals surface area contributed by atoms with Crippen LogP contribution in [0, 0.1) is 5.92 Å². The highest BCUT2D eigenvalue weighted by atomic mass is 15.1. The van der Waals surface area contributed by atoms with E-state index < -0.39 is 0 Å². The second kappa shape index (κ2) is 8.13. The summed E-state index contributed by atoms with van der Waals surface area (Å²) in [6.45, 7) is 16.2. The Bertz CT molecular complexity index is 204. The van der Waals surface area contributed by atoms with Crippen LogP contribution in [0.5, 0.6) is 0 Å². The lowest BCUT2D eigenvalue weighted by atomic mass is 10.1. The molecule has 1 saturated heterocycles. The van der Waals surface area contributed by atoms with Crippen molar-refractivity contribution in [3.8, 4) is 0 Å². The average molecular weight is 255 g/mol. The fraction of sp³-hybridized carbons (Fsp3) is 1.00. The van der Waals surface area contributed by atoms with Gasteiger partial charge >= 0.3 is 0 Å². The molecule has 1 fully saturated rings. The van der Waals surface area contributed by atoms with Gasteiger partial charge in [0.2, 0.25) is 0 Å². The minimum atomic E-state index is 0.237. The number of hydrogen-bond acceptors (Lipinski definition) is 3. The van der Waals surface area contributed by atoms with Gasteiger partial charge in [-0.3, -0.25) is 0 Å². The topological polar surface area (TPSA) is 27.3 Å². The fourth-order valence-electron chi connectivity index (χ4n) is 2.52. The highest BCUT2D eigenvalue weighted by molar-refractivity contribution is 4.72. The predicted octanol–water partition coefficient (Wildman–Crippen LogP) is 2.09.